The van der Waals surface area contributed by atoms with Gasteiger partial charge in [0.2, 0.25) is 0 Å². The molecule has 5 aromatic rings. The molecule has 0 bridgehead atoms. The molecule has 0 aliphatic heterocycles. The van der Waals surface area contributed by atoms with E-state index in [0.29, 0.717) is 41.7 Å². The summed E-state index contributed by atoms with van der Waals surface area (Å²) in [5.74, 6) is 0.785. The van der Waals surface area contributed by atoms with Crippen molar-refractivity contribution in [3.63, 3.8) is 0 Å². The average molecular weight is 931 g/mol. The van der Waals surface area contributed by atoms with Crippen LogP contribution in [0.2, 0.25) is 0 Å². The van der Waals surface area contributed by atoms with Crippen molar-refractivity contribution in [3.8, 4) is 0 Å². The minimum absolute atomic E-state index is 0. The molecule has 0 aromatic heterocycles. The standard InChI is InChI=1S/C41H27F12P2.C5H5.Fe/c1-25(34-16-10-17-35(34)36-15-8-9-18-37(36)55(30-11-4-2-5-12-30)31-13-6-3-7-14-31)54(32-21-26(38(42,43)44)19-27(22-32)39(45,46)47)33-23-28(40(48,49)50)20-29(24-33)41(51,52)53;1-2-4-5-3-1;/h2-25H,1H3;1-5H;/q;;+2/t25-;;/m1../s1. The fourth-order valence-electron chi connectivity index (χ4n) is 6.73. The molecule has 0 spiro atoms. The van der Waals surface area contributed by atoms with Gasteiger partial charge in [-0.3, -0.25) is 0 Å². The van der Waals surface area contributed by atoms with E-state index in [-0.39, 0.29) is 29.2 Å². The summed E-state index contributed by atoms with van der Waals surface area (Å²) >= 11 is 0. The molecular formula is C46H32F12FeP2+2. The van der Waals surface area contributed by atoms with Crippen molar-refractivity contribution in [2.24, 2.45) is 0 Å². The Labute approximate surface area is 360 Å². The van der Waals surface area contributed by atoms with Gasteiger partial charge < -0.3 is 0 Å². The zero-order valence-electron chi connectivity index (χ0n) is 31.5. The average Bonchev–Trinajstić information content (AvgIpc) is 3.95. The third-order valence-corrected chi connectivity index (χ3v) is 14.6. The Balaban J connectivity index is 0.00000109. The Morgan fingerprint density at radius 1 is 0.410 bits per heavy atom. The number of halogens is 12. The minimum Gasteiger partial charge on any atom is -0.166 e. The van der Waals surface area contributed by atoms with Gasteiger partial charge in [-0.05, 0) is 147 Å². The summed E-state index contributed by atoms with van der Waals surface area (Å²) in [6.07, 6.45) is -6.54. The molecule has 0 saturated heterocycles. The summed E-state index contributed by atoms with van der Waals surface area (Å²) in [7, 11) is -4.10. The van der Waals surface area contributed by atoms with Crippen LogP contribution in [-0.4, -0.2) is 5.66 Å². The molecule has 2 fully saturated rings. The van der Waals surface area contributed by atoms with Crippen LogP contribution >= 0.6 is 15.8 Å². The van der Waals surface area contributed by atoms with Gasteiger partial charge in [0.25, 0.3) is 0 Å². The quantitative estimate of drug-likeness (QED) is 0.0826. The predicted molar refractivity (Wildman–Crippen MR) is 214 cm³/mol. The molecule has 5 aromatic carbocycles. The Kier molecular flexibility index (Phi) is 16.0. The first-order valence-electron chi connectivity index (χ1n) is 18.0. The normalized spacial score (nSPS) is 16.0. The third-order valence-electron chi connectivity index (χ3n) is 9.41. The van der Waals surface area contributed by atoms with Crippen molar-refractivity contribution in [1.29, 1.82) is 0 Å². The molecule has 10 radical (unpaired) electrons. The van der Waals surface area contributed by atoms with Crippen molar-refractivity contribution in [2.45, 2.75) is 37.3 Å². The second-order valence-corrected chi connectivity index (χ2v) is 18.2. The van der Waals surface area contributed by atoms with Gasteiger partial charge >= 0.3 is 41.8 Å². The molecule has 0 unspecified atom stereocenters. The van der Waals surface area contributed by atoms with E-state index in [1.54, 1.807) is 25.0 Å². The summed E-state index contributed by atoms with van der Waals surface area (Å²) in [4.78, 5) is 0. The van der Waals surface area contributed by atoms with Crippen LogP contribution in [-0.2, 0) is 41.8 Å². The maximum absolute atomic E-state index is 14.1. The molecule has 0 heterocycles. The van der Waals surface area contributed by atoms with Crippen molar-refractivity contribution in [2.75, 3.05) is 0 Å². The minimum atomic E-state index is -5.33. The maximum Gasteiger partial charge on any atom is 2.00 e. The van der Waals surface area contributed by atoms with E-state index in [2.05, 4.69) is 0 Å². The second-order valence-electron chi connectivity index (χ2n) is 13.5. The van der Waals surface area contributed by atoms with Crippen LogP contribution in [0.4, 0.5) is 52.7 Å². The molecule has 15 heteroatoms. The fourth-order valence-corrected chi connectivity index (χ4v) is 12.0. The van der Waals surface area contributed by atoms with Gasteiger partial charge in [0.05, 0.1) is 22.3 Å². The van der Waals surface area contributed by atoms with Gasteiger partial charge in [-0.25, -0.2) is 0 Å². The Morgan fingerprint density at radius 2 is 0.770 bits per heavy atom. The summed E-state index contributed by atoms with van der Waals surface area (Å²) in [5.41, 5.74) is -7.56. The van der Waals surface area contributed by atoms with Gasteiger partial charge in [-0.15, -0.1) is 0 Å². The third kappa shape index (κ3) is 12.0. The number of hydrogen-bond donors (Lipinski definition) is 0. The van der Waals surface area contributed by atoms with Crippen LogP contribution in [0.1, 0.15) is 34.7 Å². The van der Waals surface area contributed by atoms with Gasteiger partial charge in [-0.1, -0.05) is 91.9 Å². The van der Waals surface area contributed by atoms with E-state index in [0.717, 1.165) is 15.9 Å². The first-order chi connectivity index (χ1) is 28.2. The fraction of sp³-hybridized carbons (Fsp3) is 0.130. The van der Waals surface area contributed by atoms with Gasteiger partial charge in [0.1, 0.15) is 0 Å². The largest absolute Gasteiger partial charge is 2.00 e. The van der Waals surface area contributed by atoms with E-state index in [1.165, 1.54) is 13.3 Å². The van der Waals surface area contributed by atoms with Gasteiger partial charge in [-0.2, -0.15) is 52.7 Å². The van der Waals surface area contributed by atoms with Crippen molar-refractivity contribution >= 4 is 42.4 Å². The molecule has 2 aliphatic rings. The Morgan fingerprint density at radius 3 is 1.15 bits per heavy atom. The van der Waals surface area contributed by atoms with Crippen molar-refractivity contribution in [3.05, 3.63) is 212 Å². The van der Waals surface area contributed by atoms with E-state index >= 15 is 0 Å². The van der Waals surface area contributed by atoms with Crippen LogP contribution in [0, 0.1) is 63.2 Å². The topological polar surface area (TPSA) is 0 Å². The molecule has 316 valence electrons. The molecule has 0 N–H and O–H groups in total. The van der Waals surface area contributed by atoms with E-state index in [4.69, 9.17) is 0 Å². The molecule has 61 heavy (non-hydrogen) atoms. The SMILES string of the molecule is C[C@H]([C]1[CH][CH][CH][C]1c1ccccc1P(c1ccccc1)c1ccccc1)P(c1cc(C(F)(F)F)cc(C(F)(F)F)c1)c1cc(C(F)(F)F)cc(C(F)(F)F)c1.[CH]1[CH][CH][CH][CH]1.[Fe+2]. The summed E-state index contributed by atoms with van der Waals surface area (Å²) < 4.78 is 170. The van der Waals surface area contributed by atoms with Crippen LogP contribution in [0.3, 0.4) is 0 Å². The molecule has 2 saturated carbocycles. The zero-order valence-corrected chi connectivity index (χ0v) is 34.4. The molecule has 0 amide bonds. The smallest absolute Gasteiger partial charge is 0.166 e. The number of benzene rings is 5. The van der Waals surface area contributed by atoms with Crippen molar-refractivity contribution < 1.29 is 69.8 Å². The van der Waals surface area contributed by atoms with Crippen LogP contribution in [0.15, 0.2) is 121 Å². The second kappa shape index (κ2) is 20.0. The van der Waals surface area contributed by atoms with Crippen LogP contribution in [0.5, 0.6) is 0 Å². The summed E-state index contributed by atoms with van der Waals surface area (Å²) in [6.45, 7) is 1.39. The molecule has 7 rings (SSSR count). The Bertz CT molecular complexity index is 1990. The Hall–Kier alpha value is -3.36. The summed E-state index contributed by atoms with van der Waals surface area (Å²) in [5, 5.41) is 1.32. The first-order valence-corrected chi connectivity index (χ1v) is 20.8. The molecular weight excluding hydrogens is 898 g/mol. The van der Waals surface area contributed by atoms with Crippen molar-refractivity contribution in [1.82, 2.24) is 0 Å². The van der Waals surface area contributed by atoms with E-state index in [1.807, 2.05) is 105 Å². The maximum atomic E-state index is 14.1. The predicted octanol–water partition coefficient (Wildman–Crippen LogP) is 12.2. The number of alkyl halides is 12. The molecule has 1 atom stereocenters. The van der Waals surface area contributed by atoms with E-state index in [9.17, 15) is 52.7 Å². The van der Waals surface area contributed by atoms with E-state index < -0.39 is 79.1 Å². The van der Waals surface area contributed by atoms with Crippen LogP contribution < -0.4 is 26.5 Å². The van der Waals surface area contributed by atoms with Crippen LogP contribution in [0.25, 0.3) is 0 Å². The first kappa shape index (κ1) is 48.7. The van der Waals surface area contributed by atoms with Gasteiger partial charge in [0, 0.05) is 5.92 Å². The number of rotatable bonds is 8. The molecule has 0 nitrogen and oxygen atoms in total. The van der Waals surface area contributed by atoms with Gasteiger partial charge in [0.15, 0.2) is 0 Å². The summed E-state index contributed by atoms with van der Waals surface area (Å²) in [6, 6.07) is 27.4. The number of hydrogen-bond acceptors (Lipinski definition) is 0. The molecule has 2 aliphatic carbocycles. The zero-order chi connectivity index (χ0) is 43.5. The monoisotopic (exact) mass is 930 g/mol.